The molecule has 1 saturated carbocycles. The number of piperidine rings is 2. The Labute approximate surface area is 124 Å². The average molecular weight is 277 g/mol. The summed E-state index contributed by atoms with van der Waals surface area (Å²) in [5.41, 5.74) is 0.572. The zero-order valence-electron chi connectivity index (χ0n) is 13.4. The zero-order chi connectivity index (χ0) is 14.2. The normalized spacial score (nSPS) is 33.9. The largest absolute Gasteiger partial charge is 0.300 e. The summed E-state index contributed by atoms with van der Waals surface area (Å²) in [5, 5.41) is 0. The van der Waals surface area contributed by atoms with Gasteiger partial charge >= 0.3 is 0 Å². The Hall–Kier alpha value is -0.370. The summed E-state index contributed by atoms with van der Waals surface area (Å²) in [6, 6.07) is 1.17. The second-order valence-electron chi connectivity index (χ2n) is 8.16. The molecule has 2 heterocycles. The number of hydrogen-bond acceptors (Lipinski definition) is 2. The van der Waals surface area contributed by atoms with Crippen LogP contribution in [0.5, 0.6) is 0 Å². The van der Waals surface area contributed by atoms with E-state index < -0.39 is 0 Å². The van der Waals surface area contributed by atoms with Gasteiger partial charge in [-0.05, 0) is 43.4 Å². The Kier molecular flexibility index (Phi) is 4.21. The van der Waals surface area contributed by atoms with E-state index in [0.717, 1.165) is 18.8 Å². The van der Waals surface area contributed by atoms with Crippen LogP contribution in [0.15, 0.2) is 0 Å². The van der Waals surface area contributed by atoms with E-state index in [9.17, 15) is 4.79 Å². The Bertz CT molecular complexity index is 340. The van der Waals surface area contributed by atoms with Gasteiger partial charge in [-0.15, -0.1) is 0 Å². The highest BCUT2D eigenvalue weighted by atomic mass is 16.1. The lowest BCUT2D eigenvalue weighted by atomic mass is 9.75. The van der Waals surface area contributed by atoms with Crippen LogP contribution in [0.4, 0.5) is 0 Å². The van der Waals surface area contributed by atoms with E-state index in [2.05, 4.69) is 18.7 Å². The predicted molar refractivity (Wildman–Crippen MR) is 82.7 cm³/mol. The molecule has 0 spiro atoms. The van der Waals surface area contributed by atoms with Crippen LogP contribution in [0, 0.1) is 11.3 Å². The molecule has 0 amide bonds. The van der Waals surface area contributed by atoms with Crippen molar-refractivity contribution in [1.82, 2.24) is 4.90 Å². The van der Waals surface area contributed by atoms with Crippen molar-refractivity contribution in [2.24, 2.45) is 11.3 Å². The molecule has 2 atom stereocenters. The molecule has 2 saturated heterocycles. The maximum Gasteiger partial charge on any atom is 0.136 e. The first-order valence-corrected chi connectivity index (χ1v) is 8.85. The van der Waals surface area contributed by atoms with E-state index >= 15 is 0 Å². The van der Waals surface area contributed by atoms with Gasteiger partial charge in [0.2, 0.25) is 0 Å². The first-order valence-electron chi connectivity index (χ1n) is 8.85. The van der Waals surface area contributed by atoms with Crippen LogP contribution in [0.3, 0.4) is 0 Å². The molecule has 1 aliphatic carbocycles. The van der Waals surface area contributed by atoms with Crippen molar-refractivity contribution in [3.63, 3.8) is 0 Å². The van der Waals surface area contributed by atoms with E-state index in [4.69, 9.17) is 0 Å². The number of carbonyl (C=O) groups is 1. The monoisotopic (exact) mass is 277 g/mol. The van der Waals surface area contributed by atoms with Gasteiger partial charge in [-0.3, -0.25) is 9.69 Å². The van der Waals surface area contributed by atoms with Crippen molar-refractivity contribution >= 4 is 5.78 Å². The van der Waals surface area contributed by atoms with Gasteiger partial charge in [0.25, 0.3) is 0 Å². The molecular formula is C18H31NO. The number of rotatable bonds is 4. The van der Waals surface area contributed by atoms with E-state index in [-0.39, 0.29) is 0 Å². The minimum Gasteiger partial charge on any atom is -0.300 e. The molecule has 0 aromatic heterocycles. The third-order valence-electron chi connectivity index (χ3n) is 5.96. The predicted octanol–water partition coefficient (Wildman–Crippen LogP) is 4.18. The number of fused-ring (bicyclic) bond motifs is 2. The molecule has 2 heteroatoms. The van der Waals surface area contributed by atoms with Crippen molar-refractivity contribution in [2.75, 3.05) is 6.54 Å². The highest BCUT2D eigenvalue weighted by Crippen LogP contribution is 2.46. The van der Waals surface area contributed by atoms with E-state index in [1.807, 2.05) is 0 Å². The second-order valence-corrected chi connectivity index (χ2v) is 8.16. The Morgan fingerprint density at radius 2 is 1.70 bits per heavy atom. The Morgan fingerprint density at radius 3 is 2.25 bits per heavy atom. The maximum absolute atomic E-state index is 11.9. The number of Topliss-reactive ketones (excluding diaryl/α,β-unsaturated/α-hetero) is 1. The summed E-state index contributed by atoms with van der Waals surface area (Å²) in [5.74, 6) is 1.33. The van der Waals surface area contributed by atoms with Crippen molar-refractivity contribution in [1.29, 1.82) is 0 Å². The molecule has 20 heavy (non-hydrogen) atoms. The Balaban J connectivity index is 1.73. The first kappa shape index (κ1) is 14.6. The van der Waals surface area contributed by atoms with Crippen LogP contribution in [0.1, 0.15) is 78.1 Å². The van der Waals surface area contributed by atoms with Gasteiger partial charge < -0.3 is 0 Å². The van der Waals surface area contributed by atoms with Crippen LogP contribution in [0.25, 0.3) is 0 Å². The number of carbonyl (C=O) groups excluding carboxylic acids is 1. The lowest BCUT2D eigenvalue weighted by Crippen LogP contribution is -2.55. The standard InChI is InChI=1S/C18H31NO/c1-14(2)12-18(8-3-4-9-18)13-19-15-6-5-7-16(19)11-17(20)10-15/h14-16H,3-13H2,1-2H3. The highest BCUT2D eigenvalue weighted by Gasteiger charge is 2.43. The number of nitrogens with zero attached hydrogens (tertiary/aromatic N) is 1. The number of ketones is 1. The van der Waals surface area contributed by atoms with Crippen molar-refractivity contribution < 1.29 is 4.79 Å². The van der Waals surface area contributed by atoms with Crippen LogP contribution >= 0.6 is 0 Å². The third-order valence-corrected chi connectivity index (χ3v) is 5.96. The summed E-state index contributed by atoms with van der Waals surface area (Å²) >= 11 is 0. The highest BCUT2D eigenvalue weighted by molar-refractivity contribution is 5.80. The maximum atomic E-state index is 11.9. The molecule has 114 valence electrons. The molecule has 3 aliphatic rings. The summed E-state index contributed by atoms with van der Waals surface area (Å²) in [4.78, 5) is 14.7. The number of hydrogen-bond donors (Lipinski definition) is 0. The van der Waals surface area contributed by atoms with Crippen LogP contribution in [0.2, 0.25) is 0 Å². The quantitative estimate of drug-likeness (QED) is 0.768. The topological polar surface area (TPSA) is 20.3 Å². The fourth-order valence-corrected chi connectivity index (χ4v) is 5.33. The van der Waals surface area contributed by atoms with Gasteiger partial charge in [0.15, 0.2) is 0 Å². The molecule has 0 radical (unpaired) electrons. The zero-order valence-corrected chi connectivity index (χ0v) is 13.4. The van der Waals surface area contributed by atoms with E-state index in [1.165, 1.54) is 57.9 Å². The van der Waals surface area contributed by atoms with Gasteiger partial charge in [0.05, 0.1) is 0 Å². The molecule has 2 unspecified atom stereocenters. The van der Waals surface area contributed by atoms with Gasteiger partial charge in [-0.25, -0.2) is 0 Å². The van der Waals surface area contributed by atoms with Gasteiger partial charge in [0, 0.05) is 31.5 Å². The minimum atomic E-state index is 0.528. The summed E-state index contributed by atoms with van der Waals surface area (Å²) in [6.07, 6.45) is 12.6. The fraction of sp³-hybridized carbons (Fsp3) is 0.944. The van der Waals surface area contributed by atoms with Gasteiger partial charge in [0.1, 0.15) is 5.78 Å². The van der Waals surface area contributed by atoms with Gasteiger partial charge in [-0.1, -0.05) is 33.1 Å². The second kappa shape index (κ2) is 5.79. The molecule has 0 aromatic rings. The van der Waals surface area contributed by atoms with Gasteiger partial charge in [-0.2, -0.15) is 0 Å². The smallest absolute Gasteiger partial charge is 0.136 e. The molecule has 0 N–H and O–H groups in total. The average Bonchev–Trinajstić information content (AvgIpc) is 2.78. The van der Waals surface area contributed by atoms with Crippen LogP contribution < -0.4 is 0 Å². The first-order chi connectivity index (χ1) is 9.58. The minimum absolute atomic E-state index is 0.528. The Morgan fingerprint density at radius 1 is 1.10 bits per heavy atom. The molecule has 2 bridgehead atoms. The lowest BCUT2D eigenvalue weighted by Gasteiger charge is -2.49. The summed E-state index contributed by atoms with van der Waals surface area (Å²) < 4.78 is 0. The summed E-state index contributed by atoms with van der Waals surface area (Å²) in [7, 11) is 0. The molecule has 3 fully saturated rings. The van der Waals surface area contributed by atoms with Crippen molar-refractivity contribution in [3.8, 4) is 0 Å². The molecule has 2 nitrogen and oxygen atoms in total. The van der Waals surface area contributed by atoms with E-state index in [0.29, 0.717) is 23.3 Å². The SMILES string of the molecule is CC(C)CC1(CN2C3CCCC2CC(=O)C3)CCCC1. The fourth-order valence-electron chi connectivity index (χ4n) is 5.33. The van der Waals surface area contributed by atoms with E-state index in [1.54, 1.807) is 0 Å². The van der Waals surface area contributed by atoms with Crippen LogP contribution in [-0.4, -0.2) is 29.3 Å². The van der Waals surface area contributed by atoms with Crippen LogP contribution in [-0.2, 0) is 4.79 Å². The van der Waals surface area contributed by atoms with Crippen molar-refractivity contribution in [2.45, 2.75) is 90.1 Å². The van der Waals surface area contributed by atoms with Crippen molar-refractivity contribution in [3.05, 3.63) is 0 Å². The molecule has 3 rings (SSSR count). The molecular weight excluding hydrogens is 246 g/mol. The third kappa shape index (κ3) is 2.95. The molecule has 0 aromatic carbocycles. The summed E-state index contributed by atoms with van der Waals surface area (Å²) in [6.45, 7) is 6.04. The lowest BCUT2D eigenvalue weighted by molar-refractivity contribution is -0.128. The molecule has 2 aliphatic heterocycles.